The van der Waals surface area contributed by atoms with Crippen LogP contribution in [0.25, 0.3) is 10.9 Å². The Hall–Kier alpha value is -3.41. The summed E-state index contributed by atoms with van der Waals surface area (Å²) in [6.45, 7) is 3.89. The van der Waals surface area contributed by atoms with Crippen molar-refractivity contribution >= 4 is 34.1 Å². The number of fused-ring (bicyclic) bond motifs is 1. The van der Waals surface area contributed by atoms with Crippen molar-refractivity contribution in [3.05, 3.63) is 60.8 Å². The molecular formula is C21H21N3O3. The number of ether oxygens (including phenoxy) is 1. The van der Waals surface area contributed by atoms with Crippen LogP contribution in [0.4, 0.5) is 11.4 Å². The minimum absolute atomic E-state index is 0.0812. The van der Waals surface area contributed by atoms with E-state index in [-0.39, 0.29) is 12.5 Å². The highest BCUT2D eigenvalue weighted by Crippen LogP contribution is 2.21. The van der Waals surface area contributed by atoms with E-state index < -0.39 is 11.8 Å². The molecule has 0 bridgehead atoms. The van der Waals surface area contributed by atoms with Crippen LogP contribution in [0.1, 0.15) is 20.3 Å². The molecular weight excluding hydrogens is 342 g/mol. The maximum Gasteiger partial charge on any atom is 0.233 e. The van der Waals surface area contributed by atoms with Gasteiger partial charge in [0, 0.05) is 17.3 Å². The molecule has 3 rings (SSSR count). The summed E-state index contributed by atoms with van der Waals surface area (Å²) >= 11 is 0. The molecule has 0 unspecified atom stereocenters. The molecule has 0 aliphatic heterocycles. The van der Waals surface area contributed by atoms with Crippen molar-refractivity contribution in [3.8, 4) is 5.75 Å². The van der Waals surface area contributed by atoms with Gasteiger partial charge in [0.2, 0.25) is 11.8 Å². The third kappa shape index (κ3) is 5.04. The predicted molar refractivity (Wildman–Crippen MR) is 106 cm³/mol. The lowest BCUT2D eigenvalue weighted by Gasteiger charge is -2.11. The van der Waals surface area contributed by atoms with Crippen LogP contribution in [0.3, 0.4) is 0 Å². The first kappa shape index (κ1) is 18.4. The number of benzene rings is 2. The van der Waals surface area contributed by atoms with Crippen LogP contribution in [-0.4, -0.2) is 22.9 Å². The molecule has 138 valence electrons. The summed E-state index contributed by atoms with van der Waals surface area (Å²) in [4.78, 5) is 28.6. The zero-order valence-corrected chi connectivity index (χ0v) is 15.2. The van der Waals surface area contributed by atoms with E-state index in [0.29, 0.717) is 16.9 Å². The Kier molecular flexibility index (Phi) is 5.66. The largest absolute Gasteiger partial charge is 0.491 e. The normalized spacial score (nSPS) is 10.6. The van der Waals surface area contributed by atoms with Gasteiger partial charge in [-0.3, -0.25) is 14.6 Å². The van der Waals surface area contributed by atoms with Gasteiger partial charge in [-0.2, -0.15) is 0 Å². The summed E-state index contributed by atoms with van der Waals surface area (Å²) in [5.41, 5.74) is 1.88. The number of nitrogens with one attached hydrogen (secondary N) is 2. The van der Waals surface area contributed by atoms with Crippen molar-refractivity contribution in [2.45, 2.75) is 26.4 Å². The van der Waals surface area contributed by atoms with E-state index in [0.717, 1.165) is 11.1 Å². The summed E-state index contributed by atoms with van der Waals surface area (Å²) < 4.78 is 5.56. The number of carbonyl (C=O) groups excluding carboxylic acids is 2. The summed E-state index contributed by atoms with van der Waals surface area (Å²) in [5.74, 6) is -0.0622. The van der Waals surface area contributed by atoms with Crippen molar-refractivity contribution in [2.24, 2.45) is 0 Å². The fourth-order valence-corrected chi connectivity index (χ4v) is 2.64. The van der Waals surface area contributed by atoms with E-state index in [9.17, 15) is 9.59 Å². The Morgan fingerprint density at radius 3 is 2.41 bits per heavy atom. The third-order valence-corrected chi connectivity index (χ3v) is 3.74. The summed E-state index contributed by atoms with van der Waals surface area (Å²) in [6, 6.07) is 16.3. The van der Waals surface area contributed by atoms with E-state index in [1.807, 2.05) is 38.1 Å². The number of amides is 2. The molecule has 3 aromatic rings. The second-order valence-corrected chi connectivity index (χ2v) is 6.34. The van der Waals surface area contributed by atoms with E-state index in [1.165, 1.54) is 0 Å². The Labute approximate surface area is 157 Å². The molecule has 0 spiro atoms. The van der Waals surface area contributed by atoms with E-state index >= 15 is 0 Å². The molecule has 0 saturated carbocycles. The molecule has 0 aliphatic rings. The first-order valence-corrected chi connectivity index (χ1v) is 8.71. The van der Waals surface area contributed by atoms with Gasteiger partial charge in [0.25, 0.3) is 0 Å². The molecule has 6 heteroatoms. The van der Waals surface area contributed by atoms with Gasteiger partial charge in [-0.25, -0.2) is 0 Å². The molecule has 2 amide bonds. The third-order valence-electron chi connectivity index (χ3n) is 3.74. The van der Waals surface area contributed by atoms with Crippen LogP contribution < -0.4 is 15.4 Å². The highest BCUT2D eigenvalue weighted by atomic mass is 16.5. The molecule has 6 nitrogen and oxygen atoms in total. The van der Waals surface area contributed by atoms with Crippen LogP contribution in [0.2, 0.25) is 0 Å². The smallest absolute Gasteiger partial charge is 0.233 e. The van der Waals surface area contributed by atoms with Crippen LogP contribution in [0.5, 0.6) is 5.75 Å². The van der Waals surface area contributed by atoms with Gasteiger partial charge in [0.05, 0.1) is 17.3 Å². The fourth-order valence-electron chi connectivity index (χ4n) is 2.64. The Balaban J connectivity index is 1.58. The van der Waals surface area contributed by atoms with Crippen molar-refractivity contribution in [1.82, 2.24) is 4.98 Å². The Morgan fingerprint density at radius 1 is 0.963 bits per heavy atom. The number of nitrogens with zero attached hydrogens (tertiary/aromatic N) is 1. The summed E-state index contributed by atoms with van der Waals surface area (Å²) in [7, 11) is 0. The topological polar surface area (TPSA) is 80.3 Å². The molecule has 0 saturated heterocycles. The molecule has 27 heavy (non-hydrogen) atoms. The van der Waals surface area contributed by atoms with Crippen LogP contribution in [-0.2, 0) is 9.59 Å². The number of pyridine rings is 1. The lowest BCUT2D eigenvalue weighted by Crippen LogP contribution is -2.21. The van der Waals surface area contributed by atoms with E-state index in [1.54, 1.807) is 36.5 Å². The molecule has 0 aliphatic carbocycles. The second-order valence-electron chi connectivity index (χ2n) is 6.34. The number of aromatic nitrogens is 1. The maximum absolute atomic E-state index is 12.2. The molecule has 1 heterocycles. The maximum atomic E-state index is 12.2. The molecule has 2 aromatic carbocycles. The highest BCUT2D eigenvalue weighted by Gasteiger charge is 2.12. The number of hydrogen-bond donors (Lipinski definition) is 2. The van der Waals surface area contributed by atoms with Crippen LogP contribution in [0, 0.1) is 0 Å². The van der Waals surface area contributed by atoms with Crippen molar-refractivity contribution < 1.29 is 14.3 Å². The minimum Gasteiger partial charge on any atom is -0.491 e. The Bertz CT molecular complexity index is 947. The lowest BCUT2D eigenvalue weighted by atomic mass is 10.2. The average Bonchev–Trinajstić information content (AvgIpc) is 2.63. The van der Waals surface area contributed by atoms with Gasteiger partial charge in [0.1, 0.15) is 12.2 Å². The quantitative estimate of drug-likeness (QED) is 0.649. The molecule has 2 N–H and O–H groups in total. The van der Waals surface area contributed by atoms with Crippen LogP contribution in [0.15, 0.2) is 60.8 Å². The monoisotopic (exact) mass is 363 g/mol. The first-order valence-electron chi connectivity index (χ1n) is 8.71. The molecule has 1 aromatic heterocycles. The lowest BCUT2D eigenvalue weighted by molar-refractivity contribution is -0.123. The fraction of sp³-hybridized carbons (Fsp3) is 0.190. The van der Waals surface area contributed by atoms with Gasteiger partial charge in [-0.05, 0) is 50.2 Å². The summed E-state index contributed by atoms with van der Waals surface area (Å²) in [5, 5.41) is 6.38. The van der Waals surface area contributed by atoms with Gasteiger partial charge in [-0.15, -0.1) is 0 Å². The molecule has 0 radical (unpaired) electrons. The Morgan fingerprint density at radius 2 is 1.67 bits per heavy atom. The summed E-state index contributed by atoms with van der Waals surface area (Å²) in [6.07, 6.45) is 1.46. The first-order chi connectivity index (χ1) is 13.0. The van der Waals surface area contributed by atoms with Crippen molar-refractivity contribution in [2.75, 3.05) is 10.6 Å². The molecule has 0 fully saturated rings. The zero-order valence-electron chi connectivity index (χ0n) is 15.2. The standard InChI is InChI=1S/C21H21N3O3/c1-14(2)27-17-10-8-16(9-11-17)23-19(25)13-20(26)24-18-7-3-5-15-6-4-12-22-21(15)18/h3-12,14H,13H2,1-2H3,(H,23,25)(H,24,26). The number of anilines is 2. The predicted octanol–water partition coefficient (Wildman–Crippen LogP) is 3.99. The average molecular weight is 363 g/mol. The number of carbonyl (C=O) groups is 2. The van der Waals surface area contributed by atoms with Crippen LogP contribution >= 0.6 is 0 Å². The van der Waals surface area contributed by atoms with Gasteiger partial charge in [-0.1, -0.05) is 18.2 Å². The van der Waals surface area contributed by atoms with E-state index in [2.05, 4.69) is 15.6 Å². The minimum atomic E-state index is -0.398. The van der Waals surface area contributed by atoms with Gasteiger partial charge < -0.3 is 15.4 Å². The molecule has 0 atom stereocenters. The van der Waals surface area contributed by atoms with E-state index in [4.69, 9.17) is 4.74 Å². The number of hydrogen-bond acceptors (Lipinski definition) is 4. The zero-order chi connectivity index (χ0) is 19.2. The van der Waals surface area contributed by atoms with Gasteiger partial charge >= 0.3 is 0 Å². The van der Waals surface area contributed by atoms with Gasteiger partial charge in [0.15, 0.2) is 0 Å². The van der Waals surface area contributed by atoms with Crippen molar-refractivity contribution in [1.29, 1.82) is 0 Å². The highest BCUT2D eigenvalue weighted by molar-refractivity contribution is 6.10. The SMILES string of the molecule is CC(C)Oc1ccc(NC(=O)CC(=O)Nc2cccc3cccnc23)cc1. The van der Waals surface area contributed by atoms with Crippen molar-refractivity contribution in [3.63, 3.8) is 0 Å². The number of para-hydroxylation sites is 1. The second kappa shape index (κ2) is 8.31. The number of rotatable bonds is 6.